The van der Waals surface area contributed by atoms with E-state index < -0.39 is 12.1 Å². The lowest BCUT2D eigenvalue weighted by Gasteiger charge is -2.28. The summed E-state index contributed by atoms with van der Waals surface area (Å²) >= 11 is 0. The van der Waals surface area contributed by atoms with Crippen LogP contribution in [0.1, 0.15) is 52.3 Å². The van der Waals surface area contributed by atoms with Gasteiger partial charge in [0.1, 0.15) is 11.9 Å². The summed E-state index contributed by atoms with van der Waals surface area (Å²) in [6.07, 6.45) is 2.12. The average molecular weight is 272 g/mol. The van der Waals surface area contributed by atoms with Gasteiger partial charge >= 0.3 is 5.97 Å². The van der Waals surface area contributed by atoms with Crippen LogP contribution in [0.2, 0.25) is 0 Å². The third-order valence-corrected chi connectivity index (χ3v) is 3.93. The zero-order valence-electron chi connectivity index (χ0n) is 11.0. The van der Waals surface area contributed by atoms with Gasteiger partial charge in [-0.3, -0.25) is 0 Å². The van der Waals surface area contributed by atoms with Crippen molar-refractivity contribution in [2.45, 2.75) is 31.3 Å². The number of carboxylic acid groups (broad SMARTS) is 1. The number of aliphatic hydroxyl groups excluding tert-OH is 1. The first-order chi connectivity index (χ1) is 9.66. The van der Waals surface area contributed by atoms with E-state index in [1.54, 1.807) is 6.07 Å². The summed E-state index contributed by atoms with van der Waals surface area (Å²) in [5, 5.41) is 19.4. The minimum absolute atomic E-state index is 0.0345. The molecular formula is C16H16O4. The Morgan fingerprint density at radius 1 is 1.25 bits per heavy atom. The molecule has 0 saturated heterocycles. The number of benzene rings is 1. The van der Waals surface area contributed by atoms with Crippen molar-refractivity contribution < 1.29 is 19.4 Å². The Labute approximate surface area is 116 Å². The number of carbonyl (C=O) groups is 1. The number of hydrogen-bond donors (Lipinski definition) is 2. The molecule has 1 aromatic carbocycles. The van der Waals surface area contributed by atoms with Gasteiger partial charge in [-0.2, -0.15) is 0 Å². The molecule has 1 aromatic heterocycles. The third-order valence-electron chi connectivity index (χ3n) is 3.93. The molecule has 0 fully saturated rings. The normalized spacial score (nSPS) is 19.4. The Kier molecular flexibility index (Phi) is 3.32. The van der Waals surface area contributed by atoms with Crippen molar-refractivity contribution in [1.82, 2.24) is 0 Å². The first-order valence-electron chi connectivity index (χ1n) is 6.75. The number of rotatable bonds is 3. The predicted octanol–water partition coefficient (Wildman–Crippen LogP) is 3.13. The molecule has 0 radical (unpaired) electrons. The highest BCUT2D eigenvalue weighted by Gasteiger charge is 2.29. The summed E-state index contributed by atoms with van der Waals surface area (Å²) in [6, 6.07) is 11.0. The van der Waals surface area contributed by atoms with Crippen molar-refractivity contribution >= 4 is 5.97 Å². The average Bonchev–Trinajstić information content (AvgIpc) is 2.96. The zero-order chi connectivity index (χ0) is 14.1. The van der Waals surface area contributed by atoms with E-state index in [-0.39, 0.29) is 11.7 Å². The lowest BCUT2D eigenvalue weighted by molar-refractivity contribution is 0.0643. The molecule has 4 nitrogen and oxygen atoms in total. The number of furan rings is 1. The lowest BCUT2D eigenvalue weighted by atomic mass is 9.79. The smallest absolute Gasteiger partial charge is 0.371 e. The summed E-state index contributed by atoms with van der Waals surface area (Å²) in [6.45, 7) is 0. The van der Waals surface area contributed by atoms with E-state index in [0.29, 0.717) is 5.76 Å². The molecule has 1 aliphatic rings. The van der Waals surface area contributed by atoms with Gasteiger partial charge < -0.3 is 14.6 Å². The molecule has 2 aromatic rings. The number of fused-ring (bicyclic) bond motifs is 1. The second kappa shape index (κ2) is 5.13. The van der Waals surface area contributed by atoms with Crippen LogP contribution >= 0.6 is 0 Å². The molecule has 1 aliphatic carbocycles. The Morgan fingerprint density at radius 3 is 2.80 bits per heavy atom. The van der Waals surface area contributed by atoms with Crippen molar-refractivity contribution in [3.05, 3.63) is 59.0 Å². The van der Waals surface area contributed by atoms with Crippen molar-refractivity contribution in [1.29, 1.82) is 0 Å². The van der Waals surface area contributed by atoms with Gasteiger partial charge in [0.15, 0.2) is 0 Å². The first kappa shape index (κ1) is 12.9. The molecule has 4 heteroatoms. The fraction of sp³-hybridized carbons (Fsp3) is 0.312. The highest BCUT2D eigenvalue weighted by molar-refractivity contribution is 5.84. The van der Waals surface area contributed by atoms with Crippen LogP contribution in [0.25, 0.3) is 0 Å². The van der Waals surface area contributed by atoms with Gasteiger partial charge in [-0.25, -0.2) is 4.79 Å². The molecule has 104 valence electrons. The third kappa shape index (κ3) is 2.23. The van der Waals surface area contributed by atoms with E-state index in [4.69, 9.17) is 9.52 Å². The Hall–Kier alpha value is -2.07. The van der Waals surface area contributed by atoms with Gasteiger partial charge in [-0.05, 0) is 42.5 Å². The number of carboxylic acids is 1. The molecule has 2 atom stereocenters. The van der Waals surface area contributed by atoms with Gasteiger partial charge in [-0.1, -0.05) is 24.3 Å². The predicted molar refractivity (Wildman–Crippen MR) is 72.7 cm³/mol. The molecule has 2 N–H and O–H groups in total. The van der Waals surface area contributed by atoms with Crippen LogP contribution in [0.15, 0.2) is 40.8 Å². The quantitative estimate of drug-likeness (QED) is 0.900. The maximum Gasteiger partial charge on any atom is 0.371 e. The standard InChI is InChI=1S/C16H16O4/c17-15(13-8-9-14(20-13)16(18)19)12-7-3-5-10-4-1-2-6-11(10)12/h1-2,4,6,8-9,12,15,17H,3,5,7H2,(H,18,19). The van der Waals surface area contributed by atoms with E-state index in [9.17, 15) is 9.90 Å². The fourth-order valence-electron chi connectivity index (χ4n) is 2.94. The Bertz CT molecular complexity index is 629. The molecule has 2 unspecified atom stereocenters. The van der Waals surface area contributed by atoms with Gasteiger partial charge in [0.05, 0.1) is 0 Å². The van der Waals surface area contributed by atoms with E-state index in [1.165, 1.54) is 11.6 Å². The van der Waals surface area contributed by atoms with Crippen LogP contribution in [-0.4, -0.2) is 16.2 Å². The summed E-state index contributed by atoms with van der Waals surface area (Å²) < 4.78 is 5.23. The zero-order valence-corrected chi connectivity index (χ0v) is 11.0. The van der Waals surface area contributed by atoms with Gasteiger partial charge in [0.2, 0.25) is 5.76 Å². The molecule has 0 spiro atoms. The monoisotopic (exact) mass is 272 g/mol. The lowest BCUT2D eigenvalue weighted by Crippen LogP contribution is -2.16. The SMILES string of the molecule is O=C(O)c1ccc(C(O)C2CCCc3ccccc32)o1. The Balaban J connectivity index is 1.91. The van der Waals surface area contributed by atoms with Gasteiger partial charge in [0.25, 0.3) is 0 Å². The molecule has 1 heterocycles. The largest absolute Gasteiger partial charge is 0.475 e. The number of aromatic carboxylic acids is 1. The van der Waals surface area contributed by atoms with Crippen molar-refractivity contribution in [2.75, 3.05) is 0 Å². The van der Waals surface area contributed by atoms with E-state index >= 15 is 0 Å². The maximum atomic E-state index is 10.8. The van der Waals surface area contributed by atoms with Crippen molar-refractivity contribution in [2.24, 2.45) is 0 Å². The van der Waals surface area contributed by atoms with Crippen LogP contribution < -0.4 is 0 Å². The van der Waals surface area contributed by atoms with E-state index in [0.717, 1.165) is 24.8 Å². The number of aliphatic hydroxyl groups is 1. The minimum Gasteiger partial charge on any atom is -0.475 e. The summed E-state index contributed by atoms with van der Waals surface area (Å²) in [4.78, 5) is 10.8. The van der Waals surface area contributed by atoms with E-state index in [1.807, 2.05) is 18.2 Å². The maximum absolute atomic E-state index is 10.8. The Morgan fingerprint density at radius 2 is 2.05 bits per heavy atom. The van der Waals surface area contributed by atoms with Crippen LogP contribution in [0.5, 0.6) is 0 Å². The number of aryl methyl sites for hydroxylation is 1. The first-order valence-corrected chi connectivity index (χ1v) is 6.75. The number of hydrogen-bond acceptors (Lipinski definition) is 3. The molecule has 3 rings (SSSR count). The second-order valence-electron chi connectivity index (χ2n) is 5.15. The highest BCUT2D eigenvalue weighted by atomic mass is 16.4. The fourth-order valence-corrected chi connectivity index (χ4v) is 2.94. The molecule has 20 heavy (non-hydrogen) atoms. The molecular weight excluding hydrogens is 256 g/mol. The van der Waals surface area contributed by atoms with Crippen molar-refractivity contribution in [3.63, 3.8) is 0 Å². The minimum atomic E-state index is -1.12. The van der Waals surface area contributed by atoms with Crippen LogP contribution in [0.3, 0.4) is 0 Å². The van der Waals surface area contributed by atoms with Crippen molar-refractivity contribution in [3.8, 4) is 0 Å². The molecule has 0 aliphatic heterocycles. The molecule has 0 amide bonds. The molecule has 0 saturated carbocycles. The molecule has 0 bridgehead atoms. The van der Waals surface area contributed by atoms with Gasteiger partial charge in [-0.15, -0.1) is 0 Å². The van der Waals surface area contributed by atoms with Crippen LogP contribution in [-0.2, 0) is 6.42 Å². The summed E-state index contributed by atoms with van der Waals surface area (Å²) in [7, 11) is 0. The van der Waals surface area contributed by atoms with Crippen LogP contribution in [0, 0.1) is 0 Å². The second-order valence-corrected chi connectivity index (χ2v) is 5.15. The van der Waals surface area contributed by atoms with Crippen LogP contribution in [0.4, 0.5) is 0 Å². The van der Waals surface area contributed by atoms with Gasteiger partial charge in [0, 0.05) is 5.92 Å². The van der Waals surface area contributed by atoms with E-state index in [2.05, 4.69) is 6.07 Å². The summed E-state index contributed by atoms with van der Waals surface area (Å²) in [5.74, 6) is -0.965. The topological polar surface area (TPSA) is 70.7 Å². The summed E-state index contributed by atoms with van der Waals surface area (Å²) in [5.41, 5.74) is 2.40. The highest BCUT2D eigenvalue weighted by Crippen LogP contribution is 2.40.